The van der Waals surface area contributed by atoms with Crippen LogP contribution >= 0.6 is 0 Å². The molecule has 2 aromatic heterocycles. The van der Waals surface area contributed by atoms with Crippen LogP contribution in [0.4, 0.5) is 4.39 Å². The fraction of sp³-hybridized carbons (Fsp3) is 0.229. The summed E-state index contributed by atoms with van der Waals surface area (Å²) in [5.41, 5.74) is 5.02. The Kier molecular flexibility index (Phi) is 7.65. The minimum absolute atomic E-state index is 0.238. The Morgan fingerprint density at radius 3 is 2.41 bits per heavy atom. The molecule has 224 valence electrons. The molecule has 0 amide bonds. The van der Waals surface area contributed by atoms with E-state index in [2.05, 4.69) is 0 Å². The van der Waals surface area contributed by atoms with Gasteiger partial charge in [0.25, 0.3) is 0 Å². The van der Waals surface area contributed by atoms with Crippen molar-refractivity contribution in [2.45, 2.75) is 39.4 Å². The van der Waals surface area contributed by atoms with E-state index in [1.54, 1.807) is 17.5 Å². The summed E-state index contributed by atoms with van der Waals surface area (Å²) in [6.07, 6.45) is 2.36. The maximum Gasteiger partial charge on any atom is 0.337 e. The predicted octanol–water partition coefficient (Wildman–Crippen LogP) is 7.45. The fourth-order valence-electron chi connectivity index (χ4n) is 5.28. The third kappa shape index (κ3) is 5.91. The average molecular weight is 594 g/mol. The Bertz CT molecular complexity index is 1890. The van der Waals surface area contributed by atoms with Crippen LogP contribution in [0.15, 0.2) is 84.9 Å². The Hall–Kier alpha value is -5.02. The van der Waals surface area contributed by atoms with Crippen molar-refractivity contribution in [3.8, 4) is 45.1 Å². The minimum atomic E-state index is -1.29. The molecule has 0 aliphatic carbocycles. The second-order valence-electron chi connectivity index (χ2n) is 11.5. The Balaban J connectivity index is 1.60. The molecular weight excluding hydrogens is 561 g/mol. The van der Waals surface area contributed by atoms with Crippen LogP contribution in [0.1, 0.15) is 38.1 Å². The number of halogens is 1. The lowest BCUT2D eigenvalue weighted by molar-refractivity contribution is -0.160. The third-order valence-electron chi connectivity index (χ3n) is 7.18. The molecule has 2 aliphatic heterocycles. The number of fused-ring (bicyclic) bond motifs is 6. The molecule has 1 atom stereocenters. The second-order valence-corrected chi connectivity index (χ2v) is 11.5. The van der Waals surface area contributed by atoms with Gasteiger partial charge in [-0.05, 0) is 87.9 Å². The van der Waals surface area contributed by atoms with Gasteiger partial charge in [0.15, 0.2) is 11.8 Å². The average Bonchev–Trinajstić information content (AvgIpc) is 3.40. The molecular formula is C35H32FN3O5. The lowest BCUT2D eigenvalue weighted by Gasteiger charge is -2.27. The van der Waals surface area contributed by atoms with E-state index in [-0.39, 0.29) is 6.61 Å². The van der Waals surface area contributed by atoms with Gasteiger partial charge >= 0.3 is 5.97 Å². The normalized spacial score (nSPS) is 14.6. The van der Waals surface area contributed by atoms with Crippen LogP contribution in [0.3, 0.4) is 0 Å². The summed E-state index contributed by atoms with van der Waals surface area (Å²) in [6.45, 7) is 7.77. The van der Waals surface area contributed by atoms with E-state index >= 15 is 0 Å². The molecule has 3 aromatic carbocycles. The number of rotatable bonds is 3. The number of carboxylic acid groups (broad SMARTS) is 1. The first-order valence-electron chi connectivity index (χ1n) is 14.3. The molecule has 8 nitrogen and oxygen atoms in total. The standard InChI is InChI=1S/C35H32FN3O5/c1-21-31(33(34(40)41)44-35(2,3)4)32-22-10-13-26(14-11-22)42-16-5-6-17-43-29-19-25(36)12-15-27(29)23-8-7-9-24(18-23)28-20-30(37-21)39(32)38-28/h5-15,18-20,33H,16-17H2,1-4H3,(H,40,41)/b6-5+/t33-/m0/s1. The fourth-order valence-corrected chi connectivity index (χ4v) is 5.28. The van der Waals surface area contributed by atoms with Crippen molar-refractivity contribution in [2.24, 2.45) is 0 Å². The zero-order valence-electron chi connectivity index (χ0n) is 24.9. The first-order chi connectivity index (χ1) is 21.1. The monoisotopic (exact) mass is 593 g/mol. The van der Waals surface area contributed by atoms with Gasteiger partial charge in [-0.1, -0.05) is 18.2 Å². The summed E-state index contributed by atoms with van der Waals surface area (Å²) in [4.78, 5) is 17.4. The van der Waals surface area contributed by atoms with E-state index in [1.807, 2.05) is 87.5 Å². The predicted molar refractivity (Wildman–Crippen MR) is 165 cm³/mol. The quantitative estimate of drug-likeness (QED) is 0.217. The number of aromatic nitrogens is 3. The first kappa shape index (κ1) is 29.1. The molecule has 6 bridgehead atoms. The highest BCUT2D eigenvalue weighted by Gasteiger charge is 2.33. The number of benzene rings is 3. The van der Waals surface area contributed by atoms with Crippen molar-refractivity contribution in [1.82, 2.24) is 14.6 Å². The van der Waals surface area contributed by atoms with Crippen LogP contribution in [0, 0.1) is 12.7 Å². The molecule has 9 heteroatoms. The zero-order chi connectivity index (χ0) is 31.0. The molecule has 2 aliphatic rings. The molecule has 0 saturated heterocycles. The smallest absolute Gasteiger partial charge is 0.337 e. The molecule has 0 radical (unpaired) electrons. The number of hydrogen-bond acceptors (Lipinski definition) is 6. The number of carboxylic acids is 1. The van der Waals surface area contributed by atoms with Crippen LogP contribution in [-0.4, -0.2) is 44.5 Å². The molecule has 44 heavy (non-hydrogen) atoms. The SMILES string of the molecule is Cc1nc2cc3nn2c(c1[C@H](OC(C)(C)C)C(=O)O)-c1ccc(cc1)OC/C=C/COc1cc(F)ccc1-c1cccc-3c1. The largest absolute Gasteiger partial charge is 0.490 e. The molecule has 0 spiro atoms. The summed E-state index contributed by atoms with van der Waals surface area (Å²) in [5, 5.41) is 15.3. The molecule has 0 unspecified atom stereocenters. The van der Waals surface area contributed by atoms with E-state index in [4.69, 9.17) is 24.3 Å². The van der Waals surface area contributed by atoms with Crippen LogP contribution in [0.25, 0.3) is 39.3 Å². The van der Waals surface area contributed by atoms with Gasteiger partial charge in [-0.15, -0.1) is 0 Å². The number of hydrogen-bond donors (Lipinski definition) is 1. The van der Waals surface area contributed by atoms with Crippen molar-refractivity contribution in [2.75, 3.05) is 13.2 Å². The van der Waals surface area contributed by atoms with E-state index < -0.39 is 23.5 Å². The van der Waals surface area contributed by atoms with Gasteiger partial charge in [-0.2, -0.15) is 5.10 Å². The van der Waals surface area contributed by atoms with Gasteiger partial charge in [0.05, 0.1) is 17.0 Å². The number of ether oxygens (including phenoxy) is 3. The van der Waals surface area contributed by atoms with Gasteiger partial charge in [-0.3, -0.25) is 0 Å². The Morgan fingerprint density at radius 1 is 0.955 bits per heavy atom. The highest BCUT2D eigenvalue weighted by molar-refractivity contribution is 5.81. The molecule has 0 saturated carbocycles. The van der Waals surface area contributed by atoms with Gasteiger partial charge in [0, 0.05) is 40.1 Å². The number of aliphatic carboxylic acids is 1. The molecule has 5 aromatic rings. The van der Waals surface area contributed by atoms with Crippen molar-refractivity contribution in [3.63, 3.8) is 0 Å². The van der Waals surface area contributed by atoms with Gasteiger partial charge < -0.3 is 19.3 Å². The van der Waals surface area contributed by atoms with E-state index in [1.165, 1.54) is 12.1 Å². The van der Waals surface area contributed by atoms with Gasteiger partial charge in [0.2, 0.25) is 0 Å². The first-order valence-corrected chi connectivity index (χ1v) is 14.3. The van der Waals surface area contributed by atoms with Crippen molar-refractivity contribution in [1.29, 1.82) is 0 Å². The number of nitrogens with zero attached hydrogens (tertiary/aromatic N) is 3. The topological polar surface area (TPSA) is 95.2 Å². The van der Waals surface area contributed by atoms with E-state index in [9.17, 15) is 14.3 Å². The molecule has 4 heterocycles. The summed E-state index contributed by atoms with van der Waals surface area (Å²) in [7, 11) is 0. The third-order valence-corrected chi connectivity index (χ3v) is 7.18. The molecule has 7 rings (SSSR count). The van der Waals surface area contributed by atoms with Crippen LogP contribution in [0.2, 0.25) is 0 Å². The van der Waals surface area contributed by atoms with Gasteiger partial charge in [0.1, 0.15) is 30.5 Å². The second kappa shape index (κ2) is 11.6. The maximum absolute atomic E-state index is 14.2. The Morgan fingerprint density at radius 2 is 1.68 bits per heavy atom. The lowest BCUT2D eigenvalue weighted by atomic mass is 9.98. The van der Waals surface area contributed by atoms with Crippen LogP contribution in [0.5, 0.6) is 11.5 Å². The summed E-state index contributed by atoms with van der Waals surface area (Å²) in [6, 6.07) is 21.5. The molecule has 1 N–H and O–H groups in total. The minimum Gasteiger partial charge on any atom is -0.490 e. The summed E-state index contributed by atoms with van der Waals surface area (Å²) in [5.74, 6) is -0.473. The van der Waals surface area contributed by atoms with E-state index in [0.717, 1.165) is 22.3 Å². The maximum atomic E-state index is 14.2. The van der Waals surface area contributed by atoms with E-state index in [0.29, 0.717) is 46.4 Å². The molecule has 0 fully saturated rings. The summed E-state index contributed by atoms with van der Waals surface area (Å²) < 4.78 is 33.9. The van der Waals surface area contributed by atoms with Crippen molar-refractivity contribution < 1.29 is 28.5 Å². The van der Waals surface area contributed by atoms with Gasteiger partial charge in [-0.25, -0.2) is 18.7 Å². The van der Waals surface area contributed by atoms with Crippen molar-refractivity contribution >= 4 is 11.6 Å². The highest BCUT2D eigenvalue weighted by atomic mass is 19.1. The van der Waals surface area contributed by atoms with Crippen molar-refractivity contribution in [3.05, 3.63) is 102 Å². The highest BCUT2D eigenvalue weighted by Crippen LogP contribution is 2.38. The Labute approximate surface area is 254 Å². The van der Waals surface area contributed by atoms with Crippen LogP contribution in [-0.2, 0) is 9.53 Å². The number of carbonyl (C=O) groups is 1. The summed E-state index contributed by atoms with van der Waals surface area (Å²) >= 11 is 0. The lowest BCUT2D eigenvalue weighted by Crippen LogP contribution is -2.29. The van der Waals surface area contributed by atoms with Crippen LogP contribution < -0.4 is 9.47 Å². The zero-order valence-corrected chi connectivity index (χ0v) is 24.9. The number of aryl methyl sites for hydroxylation is 1.